The molecule has 0 saturated heterocycles. The molecule has 1 aliphatic carbocycles. The summed E-state index contributed by atoms with van der Waals surface area (Å²) in [6, 6.07) is 55.3. The highest BCUT2D eigenvalue weighted by Crippen LogP contribution is 2.46. The standard InChI is InChI=1S/C51H32N4OS/c1-3-14-31(15-4-1)49-52-50(32-16-5-2-6-17-32)54-51(53-49)38-22-13-27-45-47(38)46-34(20-12-26-44(46)57-45)33-28-29-43-39(30-33)37-21-11-25-42(48(37)56-43)55-40-23-9-7-18-35(40)36-19-8-10-24-41(36)55/h1-7,9-18,20-30H,8,19H2. The van der Waals surface area contributed by atoms with Crippen LogP contribution in [0.15, 0.2) is 168 Å². The Balaban J connectivity index is 1.06. The van der Waals surface area contributed by atoms with Gasteiger partial charge in [-0.3, -0.25) is 0 Å². The molecule has 5 nitrogen and oxygen atoms in total. The van der Waals surface area contributed by atoms with Gasteiger partial charge in [0, 0.05) is 58.7 Å². The molecule has 4 aromatic heterocycles. The Bertz CT molecular complexity index is 3350. The molecule has 0 fully saturated rings. The van der Waals surface area contributed by atoms with Gasteiger partial charge in [0.1, 0.15) is 5.58 Å². The molecule has 7 aromatic carbocycles. The Morgan fingerprint density at radius 2 is 1.18 bits per heavy atom. The zero-order valence-corrected chi connectivity index (χ0v) is 31.5. The predicted octanol–water partition coefficient (Wildman–Crippen LogP) is 13.7. The lowest BCUT2D eigenvalue weighted by Gasteiger charge is -2.12. The highest BCUT2D eigenvalue weighted by molar-refractivity contribution is 7.26. The second-order valence-electron chi connectivity index (χ2n) is 14.6. The number of hydrogen-bond acceptors (Lipinski definition) is 5. The van der Waals surface area contributed by atoms with Crippen molar-refractivity contribution < 1.29 is 4.42 Å². The lowest BCUT2D eigenvalue weighted by molar-refractivity contribution is 0.665. The van der Waals surface area contributed by atoms with E-state index in [9.17, 15) is 0 Å². The third-order valence-electron chi connectivity index (χ3n) is 11.3. The number of hydrogen-bond donors (Lipinski definition) is 0. The zero-order valence-electron chi connectivity index (χ0n) is 30.7. The van der Waals surface area contributed by atoms with E-state index < -0.39 is 0 Å². The lowest BCUT2D eigenvalue weighted by atomic mass is 9.96. The number of nitrogens with zero attached hydrogens (tertiary/aromatic N) is 4. The van der Waals surface area contributed by atoms with Crippen LogP contribution < -0.4 is 0 Å². The molecule has 12 rings (SSSR count). The fraction of sp³-hybridized carbons (Fsp3) is 0.0392. The van der Waals surface area contributed by atoms with Crippen LogP contribution in [0.1, 0.15) is 17.7 Å². The molecular weight excluding hydrogens is 717 g/mol. The molecule has 0 bridgehead atoms. The van der Waals surface area contributed by atoms with Gasteiger partial charge in [0.25, 0.3) is 0 Å². The van der Waals surface area contributed by atoms with E-state index in [0.29, 0.717) is 17.5 Å². The van der Waals surface area contributed by atoms with Crippen molar-refractivity contribution in [1.29, 1.82) is 0 Å². The molecule has 0 spiro atoms. The van der Waals surface area contributed by atoms with Gasteiger partial charge in [-0.05, 0) is 72.0 Å². The smallest absolute Gasteiger partial charge is 0.164 e. The summed E-state index contributed by atoms with van der Waals surface area (Å²) in [6.07, 6.45) is 6.67. The molecule has 0 N–H and O–H groups in total. The van der Waals surface area contributed by atoms with Crippen LogP contribution >= 0.6 is 11.3 Å². The number of allylic oxidation sites excluding steroid dienone is 1. The first-order valence-corrected chi connectivity index (χ1v) is 20.1. The molecule has 11 aromatic rings. The minimum absolute atomic E-state index is 0.650. The van der Waals surface area contributed by atoms with Crippen molar-refractivity contribution in [2.75, 3.05) is 0 Å². The lowest BCUT2D eigenvalue weighted by Crippen LogP contribution is -2.00. The van der Waals surface area contributed by atoms with E-state index in [0.717, 1.165) is 73.7 Å². The first kappa shape index (κ1) is 32.1. The van der Waals surface area contributed by atoms with Crippen molar-refractivity contribution in [3.05, 3.63) is 175 Å². The SMILES string of the molecule is C1=Cc2c(c3ccccc3n2-c2cccc3c2oc2ccc(-c4cccc5sc6cccc(-c7nc(-c8ccccc8)nc(-c8ccccc8)n7)c6c45)cc23)CC1. The molecule has 268 valence electrons. The summed E-state index contributed by atoms with van der Waals surface area (Å²) >= 11 is 1.80. The molecular formula is C51H32N4OS. The Labute approximate surface area is 331 Å². The number of aryl methyl sites for hydroxylation is 1. The molecule has 0 unspecified atom stereocenters. The average molecular weight is 749 g/mol. The minimum atomic E-state index is 0.650. The van der Waals surface area contributed by atoms with Crippen molar-refractivity contribution in [1.82, 2.24) is 19.5 Å². The van der Waals surface area contributed by atoms with Crippen LogP contribution in [0.5, 0.6) is 0 Å². The van der Waals surface area contributed by atoms with Crippen LogP contribution in [-0.4, -0.2) is 19.5 Å². The van der Waals surface area contributed by atoms with Crippen molar-refractivity contribution >= 4 is 70.4 Å². The molecule has 0 amide bonds. The molecule has 0 radical (unpaired) electrons. The quantitative estimate of drug-likeness (QED) is 0.176. The van der Waals surface area contributed by atoms with E-state index in [1.807, 2.05) is 36.4 Å². The Hall–Kier alpha value is -7.15. The van der Waals surface area contributed by atoms with Crippen LogP contribution in [0.4, 0.5) is 0 Å². The van der Waals surface area contributed by atoms with E-state index in [-0.39, 0.29) is 0 Å². The number of aromatic nitrogens is 4. The van der Waals surface area contributed by atoms with Crippen LogP contribution in [0, 0.1) is 0 Å². The van der Waals surface area contributed by atoms with Gasteiger partial charge in [-0.25, -0.2) is 15.0 Å². The second-order valence-corrected chi connectivity index (χ2v) is 15.7. The first-order chi connectivity index (χ1) is 28.3. The Kier molecular flexibility index (Phi) is 7.16. The maximum absolute atomic E-state index is 6.79. The van der Waals surface area contributed by atoms with Crippen LogP contribution in [0.25, 0.3) is 110 Å². The van der Waals surface area contributed by atoms with Gasteiger partial charge in [-0.2, -0.15) is 0 Å². The van der Waals surface area contributed by atoms with Gasteiger partial charge in [0.2, 0.25) is 0 Å². The normalized spacial score (nSPS) is 12.7. The molecule has 0 atom stereocenters. The molecule has 1 aliphatic rings. The largest absolute Gasteiger partial charge is 0.454 e. The van der Waals surface area contributed by atoms with Crippen molar-refractivity contribution in [3.63, 3.8) is 0 Å². The van der Waals surface area contributed by atoms with E-state index >= 15 is 0 Å². The summed E-state index contributed by atoms with van der Waals surface area (Å²) in [6.45, 7) is 0. The Morgan fingerprint density at radius 1 is 0.526 bits per heavy atom. The monoisotopic (exact) mass is 748 g/mol. The maximum Gasteiger partial charge on any atom is 0.164 e. The van der Waals surface area contributed by atoms with E-state index in [1.165, 1.54) is 36.9 Å². The second kappa shape index (κ2) is 12.7. The summed E-state index contributed by atoms with van der Waals surface area (Å²) in [7, 11) is 0. The molecule has 57 heavy (non-hydrogen) atoms. The van der Waals surface area contributed by atoms with Crippen LogP contribution in [-0.2, 0) is 6.42 Å². The number of fused-ring (bicyclic) bond motifs is 9. The summed E-state index contributed by atoms with van der Waals surface area (Å²) < 4.78 is 11.6. The third-order valence-corrected chi connectivity index (χ3v) is 12.5. The van der Waals surface area contributed by atoms with E-state index in [1.54, 1.807) is 11.3 Å². The zero-order chi connectivity index (χ0) is 37.5. The minimum Gasteiger partial charge on any atom is -0.454 e. The van der Waals surface area contributed by atoms with Gasteiger partial charge >= 0.3 is 0 Å². The number of furan rings is 1. The summed E-state index contributed by atoms with van der Waals surface area (Å²) in [5.41, 5.74) is 11.9. The van der Waals surface area contributed by atoms with Gasteiger partial charge in [-0.1, -0.05) is 127 Å². The first-order valence-electron chi connectivity index (χ1n) is 19.3. The van der Waals surface area contributed by atoms with Crippen molar-refractivity contribution in [2.45, 2.75) is 12.8 Å². The number of thiophene rings is 1. The predicted molar refractivity (Wildman–Crippen MR) is 236 cm³/mol. The van der Waals surface area contributed by atoms with Gasteiger partial charge < -0.3 is 8.98 Å². The molecule has 0 aliphatic heterocycles. The fourth-order valence-corrected chi connectivity index (χ4v) is 9.95. The van der Waals surface area contributed by atoms with E-state index in [4.69, 9.17) is 19.4 Å². The van der Waals surface area contributed by atoms with Crippen LogP contribution in [0.3, 0.4) is 0 Å². The van der Waals surface area contributed by atoms with Crippen molar-refractivity contribution in [3.8, 4) is 51.0 Å². The third kappa shape index (κ3) is 5.04. The average Bonchev–Trinajstić information content (AvgIpc) is 3.96. The van der Waals surface area contributed by atoms with Crippen molar-refractivity contribution in [2.24, 2.45) is 0 Å². The molecule has 0 saturated carbocycles. The summed E-state index contributed by atoms with van der Waals surface area (Å²) in [5, 5.41) is 5.85. The number of rotatable bonds is 5. The summed E-state index contributed by atoms with van der Waals surface area (Å²) in [4.78, 5) is 15.3. The molecule has 6 heteroatoms. The highest BCUT2D eigenvalue weighted by Gasteiger charge is 2.23. The number of para-hydroxylation sites is 2. The summed E-state index contributed by atoms with van der Waals surface area (Å²) in [5.74, 6) is 1.95. The highest BCUT2D eigenvalue weighted by atomic mass is 32.1. The van der Waals surface area contributed by atoms with E-state index in [2.05, 4.69) is 138 Å². The topological polar surface area (TPSA) is 56.7 Å². The molecule has 4 heterocycles. The maximum atomic E-state index is 6.79. The van der Waals surface area contributed by atoms with Gasteiger partial charge in [0.05, 0.1) is 11.2 Å². The van der Waals surface area contributed by atoms with Gasteiger partial charge in [0.15, 0.2) is 23.1 Å². The van der Waals surface area contributed by atoms with Gasteiger partial charge in [-0.15, -0.1) is 11.3 Å². The fourth-order valence-electron chi connectivity index (χ4n) is 8.80. The Morgan fingerprint density at radius 3 is 1.95 bits per heavy atom. The number of benzene rings is 7. The van der Waals surface area contributed by atoms with Crippen LogP contribution in [0.2, 0.25) is 0 Å².